The van der Waals surface area contributed by atoms with E-state index in [4.69, 9.17) is 4.74 Å². The molecule has 0 bridgehead atoms. The van der Waals surface area contributed by atoms with Gasteiger partial charge in [-0.25, -0.2) is 13.2 Å². The molecule has 0 N–H and O–H groups in total. The van der Waals surface area contributed by atoms with Gasteiger partial charge in [0.25, 0.3) is 0 Å². The highest BCUT2D eigenvalue weighted by atomic mass is 19.2. The Hall–Kier alpha value is -3.08. The van der Waals surface area contributed by atoms with Crippen LogP contribution in [0.3, 0.4) is 0 Å². The summed E-state index contributed by atoms with van der Waals surface area (Å²) in [6.45, 7) is 4.44. The fourth-order valence-corrected chi connectivity index (χ4v) is 5.40. The number of ether oxygens (including phenoxy) is 1. The zero-order chi connectivity index (χ0) is 27.1. The van der Waals surface area contributed by atoms with Crippen molar-refractivity contribution >= 4 is 0 Å². The fourth-order valence-electron chi connectivity index (χ4n) is 5.40. The molecule has 5 heteroatoms. The SMILES string of the molecule is CC=CC1CCC(c2ccc(-c3ccc(-c4ccc(OCCCCCC)c(F)c4F)cc3)c(F)c2F)CC1. The summed E-state index contributed by atoms with van der Waals surface area (Å²) in [5.41, 5.74) is 1.59. The summed E-state index contributed by atoms with van der Waals surface area (Å²) in [6, 6.07) is 12.6. The number of halogens is 4. The van der Waals surface area contributed by atoms with Crippen molar-refractivity contribution in [3.63, 3.8) is 0 Å². The van der Waals surface area contributed by atoms with Crippen LogP contribution in [0.1, 0.15) is 76.7 Å². The largest absolute Gasteiger partial charge is 0.490 e. The first-order valence-electron chi connectivity index (χ1n) is 13.8. The first-order valence-corrected chi connectivity index (χ1v) is 13.8. The summed E-state index contributed by atoms with van der Waals surface area (Å²) in [6.07, 6.45) is 11.8. The van der Waals surface area contributed by atoms with Crippen molar-refractivity contribution in [3.8, 4) is 28.0 Å². The van der Waals surface area contributed by atoms with E-state index in [0.717, 1.165) is 51.4 Å². The standard InChI is InChI=1S/C33H36F4O/c1-3-5-6-7-21-38-29-20-19-28(32(36)33(29)37)25-15-13-24(14-16-25)27-18-17-26(30(34)31(27)35)23-11-9-22(8-4-2)10-12-23/h4,8,13-20,22-23H,3,5-7,9-12,21H2,1-2H3. The molecule has 0 atom stereocenters. The maximum atomic E-state index is 15.1. The highest BCUT2D eigenvalue weighted by molar-refractivity contribution is 5.72. The third kappa shape index (κ3) is 6.31. The molecular weight excluding hydrogens is 488 g/mol. The number of hydrogen-bond donors (Lipinski definition) is 0. The molecule has 0 unspecified atom stereocenters. The van der Waals surface area contributed by atoms with Gasteiger partial charge in [-0.1, -0.05) is 74.7 Å². The van der Waals surface area contributed by atoms with Crippen LogP contribution in [-0.2, 0) is 0 Å². The van der Waals surface area contributed by atoms with Gasteiger partial charge in [-0.3, -0.25) is 0 Å². The number of hydrogen-bond acceptors (Lipinski definition) is 1. The highest BCUT2D eigenvalue weighted by Crippen LogP contribution is 2.39. The average molecular weight is 525 g/mol. The molecule has 1 aliphatic rings. The average Bonchev–Trinajstić information content (AvgIpc) is 2.93. The molecule has 3 aromatic rings. The van der Waals surface area contributed by atoms with E-state index in [1.165, 1.54) is 12.1 Å². The summed E-state index contributed by atoms with van der Waals surface area (Å²) >= 11 is 0. The molecule has 202 valence electrons. The lowest BCUT2D eigenvalue weighted by Gasteiger charge is -2.27. The van der Waals surface area contributed by atoms with Crippen LogP contribution in [0.2, 0.25) is 0 Å². The van der Waals surface area contributed by atoms with Crippen molar-refractivity contribution in [2.75, 3.05) is 6.61 Å². The minimum Gasteiger partial charge on any atom is -0.490 e. The number of unbranched alkanes of at least 4 members (excludes halogenated alkanes) is 3. The lowest BCUT2D eigenvalue weighted by molar-refractivity contribution is 0.285. The lowest BCUT2D eigenvalue weighted by Crippen LogP contribution is -2.13. The maximum absolute atomic E-state index is 15.1. The van der Waals surface area contributed by atoms with Crippen molar-refractivity contribution in [2.45, 2.75) is 71.1 Å². The molecule has 0 aliphatic heterocycles. The van der Waals surface area contributed by atoms with Crippen LogP contribution in [0.15, 0.2) is 60.7 Å². The molecule has 0 saturated heterocycles. The van der Waals surface area contributed by atoms with Gasteiger partial charge in [0.2, 0.25) is 5.82 Å². The van der Waals surface area contributed by atoms with E-state index in [1.807, 2.05) is 6.92 Å². The van der Waals surface area contributed by atoms with E-state index in [1.54, 1.807) is 36.4 Å². The topological polar surface area (TPSA) is 9.23 Å². The first-order chi connectivity index (χ1) is 18.4. The second kappa shape index (κ2) is 13.1. The monoisotopic (exact) mass is 524 g/mol. The van der Waals surface area contributed by atoms with E-state index in [9.17, 15) is 8.78 Å². The molecule has 1 saturated carbocycles. The molecule has 0 amide bonds. The van der Waals surface area contributed by atoms with Crippen molar-refractivity contribution < 1.29 is 22.3 Å². The zero-order valence-electron chi connectivity index (χ0n) is 22.2. The minimum atomic E-state index is -1.02. The van der Waals surface area contributed by atoms with Gasteiger partial charge in [-0.15, -0.1) is 0 Å². The fraction of sp³-hybridized carbons (Fsp3) is 0.394. The molecule has 4 rings (SSSR count). The van der Waals surface area contributed by atoms with Crippen molar-refractivity contribution in [1.82, 2.24) is 0 Å². The van der Waals surface area contributed by atoms with E-state index < -0.39 is 23.3 Å². The third-order valence-corrected chi connectivity index (χ3v) is 7.60. The van der Waals surface area contributed by atoms with Gasteiger partial charge in [-0.2, -0.15) is 4.39 Å². The van der Waals surface area contributed by atoms with E-state index >= 15 is 8.78 Å². The van der Waals surface area contributed by atoms with Crippen LogP contribution >= 0.6 is 0 Å². The Labute approximate surface area is 223 Å². The predicted octanol–water partition coefficient (Wildman–Crippen LogP) is 10.4. The van der Waals surface area contributed by atoms with Gasteiger partial charge in [0.1, 0.15) is 0 Å². The molecule has 0 aromatic heterocycles. The summed E-state index contributed by atoms with van der Waals surface area (Å²) in [5.74, 6) is -3.25. The van der Waals surface area contributed by atoms with Crippen LogP contribution in [0.5, 0.6) is 5.75 Å². The van der Waals surface area contributed by atoms with E-state index in [2.05, 4.69) is 19.1 Å². The number of rotatable bonds is 10. The molecule has 0 spiro atoms. The Morgan fingerprint density at radius 3 is 1.92 bits per heavy atom. The van der Waals surface area contributed by atoms with Gasteiger partial charge >= 0.3 is 0 Å². The minimum absolute atomic E-state index is 0.0172. The van der Waals surface area contributed by atoms with Crippen molar-refractivity contribution in [2.24, 2.45) is 5.92 Å². The van der Waals surface area contributed by atoms with Crippen molar-refractivity contribution in [1.29, 1.82) is 0 Å². The van der Waals surface area contributed by atoms with E-state index in [0.29, 0.717) is 29.2 Å². The Morgan fingerprint density at radius 1 is 0.711 bits per heavy atom. The Kier molecular flexibility index (Phi) is 9.65. The summed E-state index contributed by atoms with van der Waals surface area (Å²) in [5, 5.41) is 0. The van der Waals surface area contributed by atoms with Gasteiger partial charge in [-0.05, 0) is 79.7 Å². The van der Waals surface area contributed by atoms with Crippen LogP contribution < -0.4 is 4.74 Å². The first kappa shape index (κ1) is 27.9. The third-order valence-electron chi connectivity index (χ3n) is 7.60. The highest BCUT2D eigenvalue weighted by Gasteiger charge is 2.26. The molecule has 1 fully saturated rings. The summed E-state index contributed by atoms with van der Waals surface area (Å²) in [7, 11) is 0. The van der Waals surface area contributed by atoms with Gasteiger partial charge in [0.05, 0.1) is 6.61 Å². The van der Waals surface area contributed by atoms with Crippen molar-refractivity contribution in [3.05, 3.63) is 89.5 Å². The van der Waals surface area contributed by atoms with E-state index in [-0.39, 0.29) is 22.8 Å². The quantitative estimate of drug-likeness (QED) is 0.146. The van der Waals surface area contributed by atoms with Crippen LogP contribution in [0.25, 0.3) is 22.3 Å². The number of allylic oxidation sites excluding steroid dienone is 2. The second-order valence-electron chi connectivity index (χ2n) is 10.2. The predicted molar refractivity (Wildman–Crippen MR) is 146 cm³/mol. The Morgan fingerprint density at radius 2 is 1.32 bits per heavy atom. The Balaban J connectivity index is 1.48. The molecule has 1 nitrogen and oxygen atoms in total. The van der Waals surface area contributed by atoms with Gasteiger partial charge < -0.3 is 4.74 Å². The van der Waals surface area contributed by atoms with Crippen LogP contribution in [0, 0.1) is 29.2 Å². The molecule has 3 aromatic carbocycles. The Bertz CT molecular complexity index is 1240. The molecule has 0 radical (unpaired) electrons. The molecule has 0 heterocycles. The second-order valence-corrected chi connectivity index (χ2v) is 10.2. The zero-order valence-corrected chi connectivity index (χ0v) is 22.2. The lowest BCUT2D eigenvalue weighted by atomic mass is 9.78. The van der Waals surface area contributed by atoms with Crippen LogP contribution in [0.4, 0.5) is 17.6 Å². The van der Waals surface area contributed by atoms with Gasteiger partial charge in [0.15, 0.2) is 23.2 Å². The van der Waals surface area contributed by atoms with Gasteiger partial charge in [0, 0.05) is 11.1 Å². The van der Waals surface area contributed by atoms with Crippen LogP contribution in [-0.4, -0.2) is 6.61 Å². The normalized spacial score (nSPS) is 17.7. The molecular formula is C33H36F4O. The molecule has 38 heavy (non-hydrogen) atoms. The molecule has 1 aliphatic carbocycles. The maximum Gasteiger partial charge on any atom is 0.201 e. The summed E-state index contributed by atoms with van der Waals surface area (Å²) < 4.78 is 65.2. The number of benzene rings is 3. The summed E-state index contributed by atoms with van der Waals surface area (Å²) in [4.78, 5) is 0. The smallest absolute Gasteiger partial charge is 0.201 e.